The van der Waals surface area contributed by atoms with Gasteiger partial charge in [-0.25, -0.2) is 5.01 Å². The summed E-state index contributed by atoms with van der Waals surface area (Å²) in [6.07, 6.45) is 1.73. The molecular weight excluding hydrogens is 344 g/mol. The van der Waals surface area contributed by atoms with Crippen molar-refractivity contribution in [3.8, 4) is 5.75 Å². The van der Waals surface area contributed by atoms with Crippen molar-refractivity contribution in [2.45, 2.75) is 39.0 Å². The summed E-state index contributed by atoms with van der Waals surface area (Å²) < 4.78 is 6.43. The van der Waals surface area contributed by atoms with Crippen molar-refractivity contribution in [3.05, 3.63) is 101 Å². The molecule has 2 atom stereocenters. The van der Waals surface area contributed by atoms with Crippen molar-refractivity contribution < 1.29 is 4.74 Å². The Kier molecular flexibility index (Phi) is 4.16. The van der Waals surface area contributed by atoms with E-state index in [2.05, 4.69) is 85.6 Å². The Balaban J connectivity index is 1.56. The second-order valence-corrected chi connectivity index (χ2v) is 7.62. The Bertz CT molecular complexity index is 1020. The van der Waals surface area contributed by atoms with Crippen LogP contribution in [0.4, 0.5) is 0 Å². The highest BCUT2D eigenvalue weighted by molar-refractivity contribution is 6.02. The van der Waals surface area contributed by atoms with Gasteiger partial charge in [-0.2, -0.15) is 5.10 Å². The van der Waals surface area contributed by atoms with Gasteiger partial charge in [-0.05, 0) is 30.5 Å². The number of hydrazone groups is 1. The normalized spacial score (nSPS) is 20.2. The zero-order valence-electron chi connectivity index (χ0n) is 16.3. The molecule has 0 fully saturated rings. The molecule has 0 bridgehead atoms. The molecule has 3 heteroatoms. The van der Waals surface area contributed by atoms with Crippen LogP contribution in [0.15, 0.2) is 77.9 Å². The SMILES string of the molecule is CCc1ccc([C@@H]2Oc3ccccc3[C@H]3CC(c4ccc(C)cc4)=NN32)cc1. The number of ether oxygens (including phenoxy) is 1. The number of benzene rings is 3. The van der Waals surface area contributed by atoms with E-state index < -0.39 is 0 Å². The fourth-order valence-electron chi connectivity index (χ4n) is 4.09. The molecule has 0 radical (unpaired) electrons. The first-order valence-electron chi connectivity index (χ1n) is 10.00. The largest absolute Gasteiger partial charge is 0.464 e. The first-order chi connectivity index (χ1) is 13.7. The van der Waals surface area contributed by atoms with Gasteiger partial charge in [0.15, 0.2) is 0 Å². The van der Waals surface area contributed by atoms with Crippen LogP contribution in [0.2, 0.25) is 0 Å². The van der Waals surface area contributed by atoms with Crippen molar-refractivity contribution in [1.82, 2.24) is 5.01 Å². The highest BCUT2D eigenvalue weighted by Crippen LogP contribution is 2.47. The highest BCUT2D eigenvalue weighted by Gasteiger charge is 2.40. The number of nitrogens with zero attached hydrogens (tertiary/aromatic N) is 2. The van der Waals surface area contributed by atoms with Crippen molar-refractivity contribution >= 4 is 5.71 Å². The van der Waals surface area contributed by atoms with Gasteiger partial charge in [0, 0.05) is 17.5 Å². The molecule has 0 saturated heterocycles. The lowest BCUT2D eigenvalue weighted by Gasteiger charge is -2.38. The van der Waals surface area contributed by atoms with Crippen LogP contribution in [-0.2, 0) is 6.42 Å². The van der Waals surface area contributed by atoms with E-state index in [1.54, 1.807) is 0 Å². The molecule has 0 unspecified atom stereocenters. The van der Waals surface area contributed by atoms with E-state index in [1.165, 1.54) is 22.3 Å². The predicted molar refractivity (Wildman–Crippen MR) is 113 cm³/mol. The maximum absolute atomic E-state index is 6.43. The van der Waals surface area contributed by atoms with Gasteiger partial charge >= 0.3 is 0 Å². The van der Waals surface area contributed by atoms with Crippen LogP contribution in [-0.4, -0.2) is 10.7 Å². The number of fused-ring (bicyclic) bond motifs is 3. The number of rotatable bonds is 3. The predicted octanol–water partition coefficient (Wildman–Crippen LogP) is 5.80. The summed E-state index contributed by atoms with van der Waals surface area (Å²) >= 11 is 0. The maximum Gasteiger partial charge on any atom is 0.213 e. The molecule has 3 nitrogen and oxygen atoms in total. The number of hydrogen-bond donors (Lipinski definition) is 0. The van der Waals surface area contributed by atoms with Gasteiger partial charge in [-0.3, -0.25) is 0 Å². The Morgan fingerprint density at radius 3 is 2.46 bits per heavy atom. The minimum atomic E-state index is -0.200. The zero-order chi connectivity index (χ0) is 19.1. The number of para-hydroxylation sites is 1. The maximum atomic E-state index is 6.43. The Labute approximate surface area is 166 Å². The molecule has 0 aliphatic carbocycles. The van der Waals surface area contributed by atoms with Crippen LogP contribution in [0.25, 0.3) is 0 Å². The van der Waals surface area contributed by atoms with Crippen LogP contribution in [0.1, 0.15) is 53.4 Å². The monoisotopic (exact) mass is 368 g/mol. The molecule has 0 N–H and O–H groups in total. The molecule has 5 rings (SSSR count). The van der Waals surface area contributed by atoms with E-state index in [1.807, 2.05) is 6.07 Å². The zero-order valence-corrected chi connectivity index (χ0v) is 16.3. The van der Waals surface area contributed by atoms with E-state index >= 15 is 0 Å². The lowest BCUT2D eigenvalue weighted by atomic mass is 9.95. The van der Waals surface area contributed by atoms with Crippen LogP contribution in [0.3, 0.4) is 0 Å². The Hall–Kier alpha value is -3.07. The fraction of sp³-hybridized carbons (Fsp3) is 0.240. The van der Waals surface area contributed by atoms with Crippen LogP contribution < -0.4 is 4.74 Å². The molecule has 2 heterocycles. The third-order valence-corrected chi connectivity index (χ3v) is 5.76. The second kappa shape index (κ2) is 6.83. The van der Waals surface area contributed by atoms with Crippen LogP contribution in [0.5, 0.6) is 5.75 Å². The molecule has 140 valence electrons. The minimum Gasteiger partial charge on any atom is -0.464 e. The summed E-state index contributed by atoms with van der Waals surface area (Å²) in [6, 6.07) is 25.9. The number of hydrogen-bond acceptors (Lipinski definition) is 3. The lowest BCUT2D eigenvalue weighted by molar-refractivity contribution is -0.0190. The van der Waals surface area contributed by atoms with Gasteiger partial charge in [0.25, 0.3) is 0 Å². The first kappa shape index (κ1) is 17.1. The van der Waals surface area contributed by atoms with Crippen LogP contribution >= 0.6 is 0 Å². The average molecular weight is 368 g/mol. The summed E-state index contributed by atoms with van der Waals surface area (Å²) in [5.74, 6) is 0.966. The highest BCUT2D eigenvalue weighted by atomic mass is 16.5. The molecular formula is C25H24N2O. The molecule has 0 aromatic heterocycles. The summed E-state index contributed by atoms with van der Waals surface area (Å²) in [6.45, 7) is 4.29. The molecule has 2 aliphatic heterocycles. The van der Waals surface area contributed by atoms with Gasteiger partial charge in [0.2, 0.25) is 6.23 Å². The topological polar surface area (TPSA) is 24.8 Å². The molecule has 0 saturated carbocycles. The van der Waals surface area contributed by atoms with Gasteiger partial charge < -0.3 is 4.74 Å². The van der Waals surface area contributed by atoms with E-state index in [4.69, 9.17) is 9.84 Å². The molecule has 0 amide bonds. The molecule has 0 spiro atoms. The summed E-state index contributed by atoms with van der Waals surface area (Å²) in [7, 11) is 0. The van der Waals surface area contributed by atoms with E-state index in [0.717, 1.165) is 29.9 Å². The summed E-state index contributed by atoms with van der Waals surface area (Å²) in [5, 5.41) is 7.19. The van der Waals surface area contributed by atoms with Crippen molar-refractivity contribution in [1.29, 1.82) is 0 Å². The average Bonchev–Trinajstić information content (AvgIpc) is 3.19. The van der Waals surface area contributed by atoms with Crippen molar-refractivity contribution in [2.75, 3.05) is 0 Å². The standard InChI is InChI=1S/C25H24N2O/c1-3-18-10-14-20(15-11-18)25-27-23(21-6-4-5-7-24(21)28-25)16-22(26-27)19-12-8-17(2)9-13-19/h4-15,23,25H,3,16H2,1-2H3/t23-,25+/m1/s1. The molecule has 2 aliphatic rings. The van der Waals surface area contributed by atoms with Crippen molar-refractivity contribution in [2.24, 2.45) is 5.10 Å². The van der Waals surface area contributed by atoms with Crippen molar-refractivity contribution in [3.63, 3.8) is 0 Å². The van der Waals surface area contributed by atoms with E-state index in [-0.39, 0.29) is 12.3 Å². The van der Waals surface area contributed by atoms with Gasteiger partial charge in [-0.1, -0.05) is 79.2 Å². The quantitative estimate of drug-likeness (QED) is 0.584. The lowest BCUT2D eigenvalue weighted by Crippen LogP contribution is -2.33. The Morgan fingerprint density at radius 2 is 1.71 bits per heavy atom. The second-order valence-electron chi connectivity index (χ2n) is 7.62. The van der Waals surface area contributed by atoms with E-state index in [0.29, 0.717) is 0 Å². The summed E-state index contributed by atoms with van der Waals surface area (Å²) in [4.78, 5) is 0. The minimum absolute atomic E-state index is 0.200. The Morgan fingerprint density at radius 1 is 0.964 bits per heavy atom. The first-order valence-corrected chi connectivity index (χ1v) is 10.00. The number of aryl methyl sites for hydroxylation is 2. The van der Waals surface area contributed by atoms with Gasteiger partial charge in [0.05, 0.1) is 11.8 Å². The summed E-state index contributed by atoms with van der Waals surface area (Å²) in [5.41, 5.74) is 7.28. The van der Waals surface area contributed by atoms with Crippen LogP contribution in [0, 0.1) is 6.92 Å². The third-order valence-electron chi connectivity index (χ3n) is 5.76. The van der Waals surface area contributed by atoms with Gasteiger partial charge in [0.1, 0.15) is 5.75 Å². The van der Waals surface area contributed by atoms with Gasteiger partial charge in [-0.15, -0.1) is 0 Å². The molecule has 3 aromatic rings. The molecule has 28 heavy (non-hydrogen) atoms. The molecule has 3 aromatic carbocycles. The van der Waals surface area contributed by atoms with E-state index in [9.17, 15) is 0 Å². The smallest absolute Gasteiger partial charge is 0.213 e. The third kappa shape index (κ3) is 2.88. The fourth-order valence-corrected chi connectivity index (χ4v) is 4.09.